The van der Waals surface area contributed by atoms with E-state index in [4.69, 9.17) is 0 Å². The van der Waals surface area contributed by atoms with Crippen LogP contribution in [0.1, 0.15) is 27.8 Å². The molecule has 0 atom stereocenters. The number of fused-ring (bicyclic) bond motifs is 3. The number of hydrogen-bond donors (Lipinski definition) is 0. The average Bonchev–Trinajstić information content (AvgIpc) is 2.71. The molecule has 0 saturated carbocycles. The maximum Gasteiger partial charge on any atom is 0.204 e. The van der Waals surface area contributed by atoms with Gasteiger partial charge < -0.3 is 4.57 Å². The van der Waals surface area contributed by atoms with Gasteiger partial charge in [-0.15, -0.1) is 0 Å². The van der Waals surface area contributed by atoms with Crippen LogP contribution in [0.15, 0.2) is 34.8 Å². The highest BCUT2D eigenvalue weighted by molar-refractivity contribution is 9.12. The summed E-state index contributed by atoms with van der Waals surface area (Å²) in [4.78, 5) is 24.3. The van der Waals surface area contributed by atoms with E-state index >= 15 is 0 Å². The quantitative estimate of drug-likeness (QED) is 0.810. The van der Waals surface area contributed by atoms with Crippen molar-refractivity contribution in [2.24, 2.45) is 0 Å². The van der Waals surface area contributed by atoms with Crippen LogP contribution in [-0.4, -0.2) is 16.1 Å². The van der Waals surface area contributed by atoms with E-state index < -0.39 is 0 Å². The zero-order valence-electron chi connectivity index (χ0n) is 9.74. The molecule has 18 heavy (non-hydrogen) atoms. The van der Waals surface area contributed by atoms with Gasteiger partial charge in [-0.25, -0.2) is 0 Å². The first-order chi connectivity index (χ1) is 8.65. The molecule has 0 bridgehead atoms. The van der Waals surface area contributed by atoms with Crippen LogP contribution < -0.4 is 0 Å². The molecule has 2 aromatic rings. The van der Waals surface area contributed by atoms with Gasteiger partial charge in [0.15, 0.2) is 0 Å². The van der Waals surface area contributed by atoms with Crippen LogP contribution in [0.2, 0.25) is 0 Å². The molecule has 1 aromatic carbocycles. The Kier molecular flexibility index (Phi) is 2.48. The van der Waals surface area contributed by atoms with Crippen molar-refractivity contribution in [3.8, 4) is 0 Å². The zero-order chi connectivity index (χ0) is 12.9. The van der Waals surface area contributed by atoms with Gasteiger partial charge in [0.1, 0.15) is 5.69 Å². The summed E-state index contributed by atoms with van der Waals surface area (Å²) < 4.78 is 2.24. The maximum atomic E-state index is 12.2. The number of aromatic nitrogens is 1. The van der Waals surface area contributed by atoms with Gasteiger partial charge in [-0.1, -0.05) is 18.2 Å². The van der Waals surface area contributed by atoms with Crippen molar-refractivity contribution in [1.82, 2.24) is 4.57 Å². The van der Waals surface area contributed by atoms with E-state index in [9.17, 15) is 9.59 Å². The fourth-order valence-electron chi connectivity index (χ4n) is 2.49. The summed E-state index contributed by atoms with van der Waals surface area (Å²) in [5.74, 6) is -0.234. The summed E-state index contributed by atoms with van der Waals surface area (Å²) in [7, 11) is 0. The van der Waals surface area contributed by atoms with Crippen LogP contribution in [0.3, 0.4) is 0 Å². The van der Waals surface area contributed by atoms with Crippen molar-refractivity contribution in [2.75, 3.05) is 0 Å². The molecule has 90 valence electrons. The van der Waals surface area contributed by atoms with Gasteiger partial charge in [-0.2, -0.15) is 0 Å². The van der Waals surface area contributed by atoms with Crippen LogP contribution in [-0.2, 0) is 6.54 Å². The van der Waals surface area contributed by atoms with Crippen molar-refractivity contribution in [1.29, 1.82) is 0 Å². The Bertz CT molecular complexity index is 725. The van der Waals surface area contributed by atoms with Crippen LogP contribution in [0.25, 0.3) is 10.9 Å². The van der Waals surface area contributed by atoms with E-state index in [0.717, 1.165) is 10.9 Å². The molecule has 0 fully saturated rings. The molecular weight excluding hydrogens is 294 g/mol. The topological polar surface area (TPSA) is 39.1 Å². The number of carbonyl (C=O) groups is 2. The number of allylic oxidation sites excluding steroid dienone is 2. The highest BCUT2D eigenvalue weighted by atomic mass is 79.9. The van der Waals surface area contributed by atoms with Crippen LogP contribution in [0.5, 0.6) is 0 Å². The summed E-state index contributed by atoms with van der Waals surface area (Å²) in [6, 6.07) is 7.62. The predicted molar refractivity (Wildman–Crippen MR) is 73.3 cm³/mol. The first-order valence-electron chi connectivity index (χ1n) is 5.72. The Morgan fingerprint density at radius 1 is 1.22 bits per heavy atom. The molecule has 4 heteroatoms. The lowest BCUT2D eigenvalue weighted by Gasteiger charge is -2.10. The van der Waals surface area contributed by atoms with Crippen molar-refractivity contribution >= 4 is 38.4 Å². The normalized spacial score (nSPS) is 14.9. The Morgan fingerprint density at radius 3 is 2.67 bits per heavy atom. The molecule has 0 N–H and O–H groups in total. The lowest BCUT2D eigenvalue weighted by Crippen LogP contribution is -2.16. The molecule has 3 nitrogen and oxygen atoms in total. The first-order valence-corrected chi connectivity index (χ1v) is 6.52. The number of Topliss-reactive ketones (excluding diaryl/α,β-unsaturated/α-hetero) is 1. The standard InChI is InChI=1S/C14H10BrNO2/c1-2-16-10-6-4-3-5-8(10)12-13(16)11(17)7-9(15)14(12)18/h3-7H,2H2,1H3. The molecule has 1 heterocycles. The van der Waals surface area contributed by atoms with E-state index in [0.29, 0.717) is 22.3 Å². The number of hydrogen-bond acceptors (Lipinski definition) is 2. The lowest BCUT2D eigenvalue weighted by molar-refractivity contribution is 0.0987. The molecular formula is C14H10BrNO2. The number of rotatable bonds is 1. The SMILES string of the molecule is CCn1c2c(c3ccccc31)C(=O)C(Br)=CC2=O. The van der Waals surface area contributed by atoms with Crippen LogP contribution in [0, 0.1) is 0 Å². The number of ketones is 2. The molecule has 0 amide bonds. The average molecular weight is 304 g/mol. The first kappa shape index (κ1) is 11.4. The van der Waals surface area contributed by atoms with Gasteiger partial charge >= 0.3 is 0 Å². The minimum atomic E-state index is -0.118. The fourth-order valence-corrected chi connectivity index (χ4v) is 2.89. The smallest absolute Gasteiger partial charge is 0.204 e. The van der Waals surface area contributed by atoms with E-state index in [1.54, 1.807) is 0 Å². The second-order valence-electron chi connectivity index (χ2n) is 4.17. The predicted octanol–water partition coefficient (Wildman–Crippen LogP) is 3.32. The number of halogens is 1. The van der Waals surface area contributed by atoms with Gasteiger partial charge in [0.2, 0.25) is 11.6 Å². The van der Waals surface area contributed by atoms with Crippen LogP contribution >= 0.6 is 15.9 Å². The summed E-state index contributed by atoms with van der Waals surface area (Å²) in [5.41, 5.74) is 1.96. The molecule has 0 unspecified atom stereocenters. The molecule has 1 aliphatic carbocycles. The van der Waals surface area contributed by atoms with E-state index in [2.05, 4.69) is 15.9 Å². The Morgan fingerprint density at radius 2 is 1.94 bits per heavy atom. The van der Waals surface area contributed by atoms with Crippen LogP contribution in [0.4, 0.5) is 0 Å². The third kappa shape index (κ3) is 1.35. The van der Waals surface area contributed by atoms with Gasteiger partial charge in [0.05, 0.1) is 10.0 Å². The number of aryl methyl sites for hydroxylation is 1. The van der Waals surface area contributed by atoms with Gasteiger partial charge in [-0.05, 0) is 28.9 Å². The summed E-state index contributed by atoms with van der Waals surface area (Å²) >= 11 is 3.16. The zero-order valence-corrected chi connectivity index (χ0v) is 11.3. The molecule has 0 spiro atoms. The monoisotopic (exact) mass is 303 g/mol. The second-order valence-corrected chi connectivity index (χ2v) is 5.03. The molecule has 1 aliphatic rings. The Balaban J connectivity index is 2.49. The van der Waals surface area contributed by atoms with Gasteiger partial charge in [0.25, 0.3) is 0 Å². The Hall–Kier alpha value is -1.68. The molecule has 0 aliphatic heterocycles. The van der Waals surface area contributed by atoms with E-state index in [-0.39, 0.29) is 11.6 Å². The van der Waals surface area contributed by atoms with Crippen molar-refractivity contribution in [3.05, 3.63) is 46.1 Å². The molecule has 0 saturated heterocycles. The summed E-state index contributed by atoms with van der Waals surface area (Å²) in [6.07, 6.45) is 1.36. The van der Waals surface area contributed by atoms with E-state index in [1.807, 2.05) is 35.8 Å². The molecule has 1 aromatic heterocycles. The number of para-hydroxylation sites is 1. The second kappa shape index (κ2) is 3.92. The van der Waals surface area contributed by atoms with Gasteiger partial charge in [-0.3, -0.25) is 9.59 Å². The third-order valence-corrected chi connectivity index (χ3v) is 3.81. The largest absolute Gasteiger partial charge is 0.337 e. The number of benzene rings is 1. The number of nitrogens with zero attached hydrogens (tertiary/aromatic N) is 1. The lowest BCUT2D eigenvalue weighted by atomic mass is 9.99. The molecule has 0 radical (unpaired) electrons. The van der Waals surface area contributed by atoms with Gasteiger partial charge in [0, 0.05) is 23.5 Å². The third-order valence-electron chi connectivity index (χ3n) is 3.22. The van der Waals surface area contributed by atoms with Crippen molar-refractivity contribution in [3.63, 3.8) is 0 Å². The highest BCUT2D eigenvalue weighted by Gasteiger charge is 2.30. The minimum absolute atomic E-state index is 0.116. The van der Waals surface area contributed by atoms with E-state index in [1.165, 1.54) is 6.08 Å². The fraction of sp³-hybridized carbons (Fsp3) is 0.143. The summed E-state index contributed by atoms with van der Waals surface area (Å²) in [5, 5.41) is 0.845. The van der Waals surface area contributed by atoms with Crippen molar-refractivity contribution in [2.45, 2.75) is 13.5 Å². The summed E-state index contributed by atoms with van der Waals surface area (Å²) in [6.45, 7) is 2.64. The minimum Gasteiger partial charge on any atom is -0.337 e. The Labute approximate surface area is 112 Å². The maximum absolute atomic E-state index is 12.2. The number of carbonyl (C=O) groups excluding carboxylic acids is 2. The van der Waals surface area contributed by atoms with Crippen molar-refractivity contribution < 1.29 is 9.59 Å². The highest BCUT2D eigenvalue weighted by Crippen LogP contribution is 2.33. The molecule has 3 rings (SSSR count).